The number of benzene rings is 1. The Balaban J connectivity index is 0.00000196. The van der Waals surface area contributed by atoms with Crippen LogP contribution < -0.4 is 5.73 Å². The second kappa shape index (κ2) is 6.56. The molecule has 0 aliphatic heterocycles. The molecule has 0 bridgehead atoms. The van der Waals surface area contributed by atoms with E-state index in [0.717, 1.165) is 0 Å². The third-order valence-corrected chi connectivity index (χ3v) is 2.83. The van der Waals surface area contributed by atoms with Crippen LogP contribution in [0.4, 0.5) is 0 Å². The molecule has 0 unspecified atom stereocenters. The molecule has 0 aromatic heterocycles. The molecule has 0 saturated carbocycles. The molecule has 0 aliphatic rings. The van der Waals surface area contributed by atoms with Crippen LogP contribution in [0.2, 0.25) is 10.0 Å². The molecule has 15 heavy (non-hydrogen) atoms. The number of nitrogens with two attached hydrogens (primary N) is 1. The van der Waals surface area contributed by atoms with Gasteiger partial charge in [0.1, 0.15) is 0 Å². The van der Waals surface area contributed by atoms with Gasteiger partial charge in [-0.15, -0.1) is 12.4 Å². The Morgan fingerprint density at radius 1 is 1.33 bits per heavy atom. The molecule has 2 nitrogen and oxygen atoms in total. The van der Waals surface area contributed by atoms with Gasteiger partial charge < -0.3 is 10.8 Å². The van der Waals surface area contributed by atoms with Gasteiger partial charge in [0, 0.05) is 15.6 Å². The van der Waals surface area contributed by atoms with Crippen LogP contribution in [0.3, 0.4) is 0 Å². The molecule has 0 aliphatic carbocycles. The summed E-state index contributed by atoms with van der Waals surface area (Å²) in [5.74, 6) is 0. The van der Waals surface area contributed by atoms with Gasteiger partial charge in [-0.3, -0.25) is 0 Å². The van der Waals surface area contributed by atoms with E-state index in [0.29, 0.717) is 22.0 Å². The fraction of sp³-hybridized carbons (Fsp3) is 0.400. The van der Waals surface area contributed by atoms with Crippen molar-refractivity contribution in [2.24, 2.45) is 5.73 Å². The van der Waals surface area contributed by atoms with Crippen molar-refractivity contribution >= 4 is 35.6 Å². The predicted molar refractivity (Wildman–Crippen MR) is 66.9 cm³/mol. The van der Waals surface area contributed by atoms with Crippen LogP contribution in [0.5, 0.6) is 0 Å². The smallest absolute Gasteiger partial charge is 0.0731 e. The summed E-state index contributed by atoms with van der Waals surface area (Å²) < 4.78 is 0. The van der Waals surface area contributed by atoms with Crippen LogP contribution in [0.1, 0.15) is 24.9 Å². The molecule has 0 spiro atoms. The molecule has 3 N–H and O–H groups in total. The highest BCUT2D eigenvalue weighted by molar-refractivity contribution is 6.36. The lowest BCUT2D eigenvalue weighted by atomic mass is 10.0. The largest absolute Gasteiger partial charge is 0.391 e. The van der Waals surface area contributed by atoms with E-state index in [1.54, 1.807) is 18.2 Å². The number of rotatable bonds is 3. The first kappa shape index (κ1) is 15.0. The lowest BCUT2D eigenvalue weighted by molar-refractivity contribution is 0.141. The summed E-state index contributed by atoms with van der Waals surface area (Å²) >= 11 is 11.9. The maximum Gasteiger partial charge on any atom is 0.0731 e. The Morgan fingerprint density at radius 3 is 2.20 bits per heavy atom. The summed E-state index contributed by atoms with van der Waals surface area (Å²) in [5, 5.41) is 10.6. The van der Waals surface area contributed by atoms with Crippen LogP contribution in [0, 0.1) is 0 Å². The Bertz CT molecular complexity index is 299. The molecule has 0 fully saturated rings. The minimum absolute atomic E-state index is 0. The van der Waals surface area contributed by atoms with Gasteiger partial charge in [-0.1, -0.05) is 36.2 Å². The zero-order valence-electron chi connectivity index (χ0n) is 8.28. The Morgan fingerprint density at radius 2 is 1.80 bits per heavy atom. The second-order valence-corrected chi connectivity index (χ2v) is 3.95. The maximum atomic E-state index is 9.59. The third-order valence-electron chi connectivity index (χ3n) is 2.17. The summed E-state index contributed by atoms with van der Waals surface area (Å²) in [7, 11) is 0. The zero-order valence-corrected chi connectivity index (χ0v) is 10.6. The standard InChI is InChI=1S/C10H13Cl2NO.ClH/c1-2-8(14)10(13)9-6(11)4-3-5-7(9)12;/h3-5,8,10,14H,2,13H2,1H3;1H/t8-,10-;/m0./s1. The van der Waals surface area contributed by atoms with Crippen molar-refractivity contribution in [2.45, 2.75) is 25.5 Å². The van der Waals surface area contributed by atoms with Crippen molar-refractivity contribution in [2.75, 3.05) is 0 Å². The average molecular weight is 271 g/mol. The van der Waals surface area contributed by atoms with Gasteiger partial charge in [-0.2, -0.15) is 0 Å². The fourth-order valence-corrected chi connectivity index (χ4v) is 1.92. The number of aliphatic hydroxyl groups excluding tert-OH is 1. The number of halogens is 3. The van der Waals surface area contributed by atoms with Crippen molar-refractivity contribution in [1.29, 1.82) is 0 Å². The monoisotopic (exact) mass is 269 g/mol. The topological polar surface area (TPSA) is 46.2 Å². The van der Waals surface area contributed by atoms with Crippen molar-refractivity contribution in [3.05, 3.63) is 33.8 Å². The molecule has 1 aromatic carbocycles. The van der Waals surface area contributed by atoms with Gasteiger partial charge in [0.15, 0.2) is 0 Å². The van der Waals surface area contributed by atoms with E-state index in [1.807, 2.05) is 6.92 Å². The number of hydrogen-bond acceptors (Lipinski definition) is 2. The zero-order chi connectivity index (χ0) is 10.7. The maximum absolute atomic E-state index is 9.59. The van der Waals surface area contributed by atoms with Gasteiger partial charge in [-0.25, -0.2) is 0 Å². The molecule has 0 saturated heterocycles. The summed E-state index contributed by atoms with van der Waals surface area (Å²) in [6.07, 6.45) is -0.0460. The minimum atomic E-state index is -0.618. The van der Waals surface area contributed by atoms with Crippen LogP contribution in [0.15, 0.2) is 18.2 Å². The quantitative estimate of drug-likeness (QED) is 0.886. The van der Waals surface area contributed by atoms with Crippen LogP contribution in [-0.4, -0.2) is 11.2 Å². The molecule has 1 rings (SSSR count). The van der Waals surface area contributed by atoms with E-state index in [2.05, 4.69) is 0 Å². The van der Waals surface area contributed by atoms with E-state index in [-0.39, 0.29) is 12.4 Å². The van der Waals surface area contributed by atoms with Gasteiger partial charge in [0.2, 0.25) is 0 Å². The van der Waals surface area contributed by atoms with Gasteiger partial charge in [0.25, 0.3) is 0 Å². The van der Waals surface area contributed by atoms with Crippen LogP contribution in [0.25, 0.3) is 0 Å². The average Bonchev–Trinajstić information content (AvgIpc) is 2.16. The first-order valence-corrected chi connectivity index (χ1v) is 5.21. The van der Waals surface area contributed by atoms with Crippen molar-refractivity contribution < 1.29 is 5.11 Å². The highest BCUT2D eigenvalue weighted by Gasteiger charge is 2.20. The summed E-state index contributed by atoms with van der Waals surface area (Å²) in [6.45, 7) is 1.86. The third kappa shape index (κ3) is 3.51. The fourth-order valence-electron chi connectivity index (χ4n) is 1.28. The summed E-state index contributed by atoms with van der Waals surface area (Å²) in [4.78, 5) is 0. The van der Waals surface area contributed by atoms with E-state index in [1.165, 1.54) is 0 Å². The van der Waals surface area contributed by atoms with E-state index in [4.69, 9.17) is 28.9 Å². The molecule has 0 heterocycles. The van der Waals surface area contributed by atoms with Crippen molar-refractivity contribution in [3.63, 3.8) is 0 Å². The summed E-state index contributed by atoms with van der Waals surface area (Å²) in [5.41, 5.74) is 6.45. The summed E-state index contributed by atoms with van der Waals surface area (Å²) in [6, 6.07) is 4.65. The molecule has 2 atom stereocenters. The van der Waals surface area contributed by atoms with E-state index >= 15 is 0 Å². The van der Waals surface area contributed by atoms with Crippen LogP contribution in [-0.2, 0) is 0 Å². The molecular weight excluding hydrogens is 256 g/mol. The Hall–Kier alpha value is 0.01000. The Kier molecular flexibility index (Phi) is 6.57. The first-order chi connectivity index (χ1) is 6.57. The minimum Gasteiger partial charge on any atom is -0.391 e. The van der Waals surface area contributed by atoms with E-state index < -0.39 is 12.1 Å². The lowest BCUT2D eigenvalue weighted by Crippen LogP contribution is -2.26. The molecular formula is C10H14Cl3NO. The number of hydrogen-bond donors (Lipinski definition) is 2. The SMILES string of the molecule is CC[C@H](O)[C@H](N)c1c(Cl)cccc1Cl.Cl. The van der Waals surface area contributed by atoms with Crippen LogP contribution >= 0.6 is 35.6 Å². The number of aliphatic hydroxyl groups is 1. The Labute approximate surface area is 106 Å². The van der Waals surface area contributed by atoms with Gasteiger partial charge in [-0.05, 0) is 18.6 Å². The highest BCUT2D eigenvalue weighted by Crippen LogP contribution is 2.31. The highest BCUT2D eigenvalue weighted by atomic mass is 35.5. The molecule has 5 heteroatoms. The molecule has 0 radical (unpaired) electrons. The molecule has 86 valence electrons. The first-order valence-electron chi connectivity index (χ1n) is 4.45. The van der Waals surface area contributed by atoms with E-state index in [9.17, 15) is 5.11 Å². The molecule has 0 amide bonds. The molecule has 1 aromatic rings. The van der Waals surface area contributed by atoms with Crippen molar-refractivity contribution in [1.82, 2.24) is 0 Å². The van der Waals surface area contributed by atoms with Gasteiger partial charge >= 0.3 is 0 Å². The second-order valence-electron chi connectivity index (χ2n) is 3.14. The predicted octanol–water partition coefficient (Wildman–Crippen LogP) is 3.19. The normalized spacial score (nSPS) is 14.2. The lowest BCUT2D eigenvalue weighted by Gasteiger charge is -2.19. The van der Waals surface area contributed by atoms with Crippen molar-refractivity contribution in [3.8, 4) is 0 Å². The van der Waals surface area contributed by atoms with Gasteiger partial charge in [0.05, 0.1) is 12.1 Å².